The lowest BCUT2D eigenvalue weighted by Crippen LogP contribution is -2.30. The van der Waals surface area contributed by atoms with E-state index in [1.54, 1.807) is 6.20 Å². The van der Waals surface area contributed by atoms with Crippen molar-refractivity contribution in [2.24, 2.45) is 5.92 Å². The van der Waals surface area contributed by atoms with Gasteiger partial charge in [0.05, 0.1) is 12.2 Å². The third-order valence-electron chi connectivity index (χ3n) is 5.37. The molecule has 160 valence electrons. The summed E-state index contributed by atoms with van der Waals surface area (Å²) in [5.41, 5.74) is 0.724. The topological polar surface area (TPSA) is 113 Å². The van der Waals surface area contributed by atoms with Gasteiger partial charge >= 0.3 is 12.1 Å². The molecule has 0 bridgehead atoms. The van der Waals surface area contributed by atoms with E-state index < -0.39 is 12.1 Å². The van der Waals surface area contributed by atoms with Crippen LogP contribution in [-0.4, -0.2) is 50.1 Å². The van der Waals surface area contributed by atoms with E-state index in [0.717, 1.165) is 43.8 Å². The first kappa shape index (κ1) is 21.3. The van der Waals surface area contributed by atoms with Crippen LogP contribution >= 0.6 is 0 Å². The molecule has 1 saturated heterocycles. The number of nitrogens with one attached hydrogen (secondary N) is 2. The van der Waals surface area contributed by atoms with Crippen LogP contribution in [0.3, 0.4) is 0 Å². The zero-order valence-corrected chi connectivity index (χ0v) is 15.8. The van der Waals surface area contributed by atoms with Crippen molar-refractivity contribution in [2.45, 2.75) is 57.2 Å². The van der Waals surface area contributed by atoms with Crippen molar-refractivity contribution >= 4 is 17.0 Å². The number of aromatic amines is 1. The normalized spacial score (nSPS) is 18.6. The lowest BCUT2D eigenvalue weighted by molar-refractivity contribution is -0.192. The Hall–Kier alpha value is -2.43. The third kappa shape index (κ3) is 5.34. The molecule has 3 N–H and O–H groups in total. The summed E-state index contributed by atoms with van der Waals surface area (Å²) in [6, 6.07) is 0.354. The highest BCUT2D eigenvalue weighted by atomic mass is 19.4. The zero-order chi connectivity index (χ0) is 21.0. The Labute approximate surface area is 164 Å². The van der Waals surface area contributed by atoms with Crippen molar-refractivity contribution in [3.8, 4) is 0 Å². The fourth-order valence-electron chi connectivity index (χ4n) is 3.88. The molecule has 0 radical (unpaired) electrons. The quantitative estimate of drug-likeness (QED) is 0.710. The van der Waals surface area contributed by atoms with Crippen LogP contribution in [0.15, 0.2) is 11.0 Å². The molecule has 0 atom stereocenters. The van der Waals surface area contributed by atoms with Crippen LogP contribution in [0.5, 0.6) is 0 Å². The number of hydrogen-bond donors (Lipinski definition) is 3. The van der Waals surface area contributed by atoms with E-state index in [9.17, 15) is 18.0 Å². The standard InChI is InChI=1S/C16H23N5O.C2HF3O2/c22-16-13-10-18-21(12-5-7-17-8-6-12)15(13)19-14(20-16)9-11-3-1-2-4-11;3-2(4,5)1(6)7/h10-12,17H,1-9H2,(H,19,20,22);(H,6,7). The fraction of sp³-hybridized carbons (Fsp3) is 0.667. The summed E-state index contributed by atoms with van der Waals surface area (Å²) in [6.45, 7) is 2.01. The Kier molecular flexibility index (Phi) is 6.56. The van der Waals surface area contributed by atoms with Gasteiger partial charge in [-0.15, -0.1) is 0 Å². The molecular weight excluding hydrogens is 391 g/mol. The second-order valence-electron chi connectivity index (χ2n) is 7.48. The van der Waals surface area contributed by atoms with Crippen LogP contribution in [-0.2, 0) is 11.2 Å². The van der Waals surface area contributed by atoms with E-state index in [2.05, 4.69) is 15.4 Å². The Morgan fingerprint density at radius 3 is 2.41 bits per heavy atom. The Balaban J connectivity index is 0.000000298. The van der Waals surface area contributed by atoms with Crippen molar-refractivity contribution in [2.75, 3.05) is 13.1 Å². The number of nitrogens with zero attached hydrogens (tertiary/aromatic N) is 3. The number of piperidine rings is 1. The van der Waals surface area contributed by atoms with E-state index in [0.29, 0.717) is 17.3 Å². The predicted molar refractivity (Wildman–Crippen MR) is 98.6 cm³/mol. The molecule has 3 heterocycles. The van der Waals surface area contributed by atoms with Crippen molar-refractivity contribution in [3.63, 3.8) is 0 Å². The van der Waals surface area contributed by atoms with Crippen LogP contribution < -0.4 is 10.9 Å². The van der Waals surface area contributed by atoms with Gasteiger partial charge < -0.3 is 15.4 Å². The highest BCUT2D eigenvalue weighted by Crippen LogP contribution is 2.27. The summed E-state index contributed by atoms with van der Waals surface area (Å²) in [6.07, 6.45) is 4.70. The SMILES string of the molecule is O=C(O)C(F)(F)F.O=c1[nH]c(CC2CCCC2)nc2c1cnn2C1CCNCC1. The van der Waals surface area contributed by atoms with Gasteiger partial charge in [0.2, 0.25) is 0 Å². The van der Waals surface area contributed by atoms with Gasteiger partial charge in [0.1, 0.15) is 11.2 Å². The third-order valence-corrected chi connectivity index (χ3v) is 5.37. The molecule has 8 nitrogen and oxygen atoms in total. The van der Waals surface area contributed by atoms with Gasteiger partial charge in [0.25, 0.3) is 5.56 Å². The lowest BCUT2D eigenvalue weighted by Gasteiger charge is -2.23. The average Bonchev–Trinajstić information content (AvgIpc) is 3.32. The summed E-state index contributed by atoms with van der Waals surface area (Å²) in [4.78, 5) is 28.9. The van der Waals surface area contributed by atoms with Crippen molar-refractivity contribution in [3.05, 3.63) is 22.4 Å². The Morgan fingerprint density at radius 1 is 1.21 bits per heavy atom. The highest BCUT2D eigenvalue weighted by Gasteiger charge is 2.38. The highest BCUT2D eigenvalue weighted by molar-refractivity contribution is 5.73. The first-order chi connectivity index (χ1) is 13.8. The number of halogens is 3. The molecule has 1 aliphatic heterocycles. The number of carboxylic acids is 1. The number of carboxylic acid groups (broad SMARTS) is 1. The second kappa shape index (κ2) is 8.93. The summed E-state index contributed by atoms with van der Waals surface area (Å²) in [5.74, 6) is -1.25. The molecule has 1 saturated carbocycles. The largest absolute Gasteiger partial charge is 0.490 e. The molecule has 0 amide bonds. The first-order valence-corrected chi connectivity index (χ1v) is 9.73. The molecule has 29 heavy (non-hydrogen) atoms. The molecule has 1 aliphatic carbocycles. The first-order valence-electron chi connectivity index (χ1n) is 9.73. The van der Waals surface area contributed by atoms with Gasteiger partial charge in [-0.2, -0.15) is 18.3 Å². The fourth-order valence-corrected chi connectivity index (χ4v) is 3.88. The molecule has 0 unspecified atom stereocenters. The molecule has 0 aromatic carbocycles. The number of hydrogen-bond acceptors (Lipinski definition) is 5. The number of aromatic nitrogens is 4. The number of fused-ring (bicyclic) bond motifs is 1. The van der Waals surface area contributed by atoms with Crippen LogP contribution in [0, 0.1) is 5.92 Å². The minimum atomic E-state index is -5.08. The van der Waals surface area contributed by atoms with Gasteiger partial charge in [-0.3, -0.25) is 4.79 Å². The van der Waals surface area contributed by atoms with E-state index in [4.69, 9.17) is 14.9 Å². The number of rotatable bonds is 3. The summed E-state index contributed by atoms with van der Waals surface area (Å²) in [5, 5.41) is 15.6. The minimum Gasteiger partial charge on any atom is -0.475 e. The maximum absolute atomic E-state index is 12.3. The van der Waals surface area contributed by atoms with E-state index >= 15 is 0 Å². The Bertz CT molecular complexity index is 896. The number of alkyl halides is 3. The lowest BCUT2D eigenvalue weighted by atomic mass is 10.0. The molecule has 2 fully saturated rings. The van der Waals surface area contributed by atoms with E-state index in [1.165, 1.54) is 25.7 Å². The van der Waals surface area contributed by atoms with Crippen LogP contribution in [0.2, 0.25) is 0 Å². The van der Waals surface area contributed by atoms with Crippen LogP contribution in [0.25, 0.3) is 11.0 Å². The molecular formula is C18H24F3N5O3. The van der Waals surface area contributed by atoms with Gasteiger partial charge in [-0.25, -0.2) is 14.5 Å². The predicted octanol–water partition coefficient (Wildman–Crippen LogP) is 2.41. The van der Waals surface area contributed by atoms with Gasteiger partial charge in [-0.05, 0) is 31.8 Å². The maximum Gasteiger partial charge on any atom is 0.490 e. The molecule has 0 spiro atoms. The molecule has 11 heteroatoms. The maximum atomic E-state index is 12.3. The molecule has 2 aromatic heterocycles. The monoisotopic (exact) mass is 415 g/mol. The van der Waals surface area contributed by atoms with E-state index in [-0.39, 0.29) is 5.56 Å². The van der Waals surface area contributed by atoms with Crippen molar-refractivity contribution in [1.82, 2.24) is 25.1 Å². The van der Waals surface area contributed by atoms with Crippen molar-refractivity contribution in [1.29, 1.82) is 0 Å². The van der Waals surface area contributed by atoms with E-state index in [1.807, 2.05) is 4.68 Å². The van der Waals surface area contributed by atoms with Gasteiger partial charge in [0.15, 0.2) is 5.65 Å². The van der Waals surface area contributed by atoms with Gasteiger partial charge in [-0.1, -0.05) is 25.7 Å². The van der Waals surface area contributed by atoms with Crippen molar-refractivity contribution < 1.29 is 23.1 Å². The number of H-pyrrole nitrogens is 1. The second-order valence-corrected chi connectivity index (χ2v) is 7.48. The van der Waals surface area contributed by atoms with Crippen LogP contribution in [0.1, 0.15) is 50.4 Å². The van der Waals surface area contributed by atoms with Gasteiger partial charge in [0, 0.05) is 6.42 Å². The average molecular weight is 415 g/mol. The number of carbonyl (C=O) groups is 1. The summed E-state index contributed by atoms with van der Waals surface area (Å²) < 4.78 is 33.7. The molecule has 2 aliphatic rings. The zero-order valence-electron chi connectivity index (χ0n) is 15.8. The molecule has 2 aromatic rings. The Morgan fingerprint density at radius 2 is 1.83 bits per heavy atom. The molecule has 4 rings (SSSR count). The van der Waals surface area contributed by atoms with Crippen LogP contribution in [0.4, 0.5) is 13.2 Å². The summed E-state index contributed by atoms with van der Waals surface area (Å²) in [7, 11) is 0. The minimum absolute atomic E-state index is 0.0434. The smallest absolute Gasteiger partial charge is 0.475 e. The summed E-state index contributed by atoms with van der Waals surface area (Å²) >= 11 is 0. The number of aliphatic carboxylic acids is 1.